The second-order valence-corrected chi connectivity index (χ2v) is 7.44. The summed E-state index contributed by atoms with van der Waals surface area (Å²) in [6.45, 7) is 4.54. The van der Waals surface area contributed by atoms with Gasteiger partial charge in [-0.3, -0.25) is 0 Å². The largest absolute Gasteiger partial charge is 0.475 e. The molecule has 130 valence electrons. The number of hydrogen-bond donors (Lipinski definition) is 2. The van der Waals surface area contributed by atoms with Gasteiger partial charge in [-0.2, -0.15) is 16.3 Å². The van der Waals surface area contributed by atoms with Gasteiger partial charge < -0.3 is 15.4 Å². The van der Waals surface area contributed by atoms with E-state index in [0.717, 1.165) is 5.13 Å². The molecule has 0 aliphatic rings. The molecule has 0 saturated heterocycles. The molecule has 0 atom stereocenters. The average molecular weight is 392 g/mol. The number of ether oxygens (including phenoxy) is 1. The van der Waals surface area contributed by atoms with Crippen molar-refractivity contribution < 1.29 is 4.74 Å². The molecule has 0 unspecified atom stereocenters. The van der Waals surface area contributed by atoms with Crippen molar-refractivity contribution in [2.45, 2.75) is 26.5 Å². The molecule has 2 N–H and O–H groups in total. The summed E-state index contributed by atoms with van der Waals surface area (Å²) in [5.41, 5.74) is 1.76. The number of nitrogens with one attached hydrogen (secondary N) is 2. The molecule has 0 bridgehead atoms. The van der Waals surface area contributed by atoms with Crippen LogP contribution in [0.3, 0.4) is 0 Å². The summed E-state index contributed by atoms with van der Waals surface area (Å²) in [4.78, 5) is 13.6. The Morgan fingerprint density at radius 3 is 2.88 bits per heavy atom. The van der Waals surface area contributed by atoms with Crippen LogP contribution in [0.5, 0.6) is 5.88 Å². The molecule has 0 aliphatic carbocycles. The number of thiazole rings is 1. The van der Waals surface area contributed by atoms with Gasteiger partial charge in [0.2, 0.25) is 11.8 Å². The molecular weight excluding hydrogens is 374 g/mol. The van der Waals surface area contributed by atoms with Gasteiger partial charge in [0.15, 0.2) is 5.13 Å². The second-order valence-electron chi connectivity index (χ2n) is 5.36. The van der Waals surface area contributed by atoms with Crippen LogP contribution < -0.4 is 15.4 Å². The lowest BCUT2D eigenvalue weighted by atomic mass is 10.3. The first kappa shape index (κ1) is 17.7. The Kier molecular flexibility index (Phi) is 5.90. The summed E-state index contributed by atoms with van der Waals surface area (Å²) in [6, 6.07) is 3.79. The van der Waals surface area contributed by atoms with E-state index in [1.54, 1.807) is 23.6 Å². The first-order valence-electron chi connectivity index (χ1n) is 7.61. The van der Waals surface area contributed by atoms with E-state index < -0.39 is 0 Å². The van der Waals surface area contributed by atoms with E-state index in [4.69, 9.17) is 17.0 Å². The summed E-state index contributed by atoms with van der Waals surface area (Å²) in [5.74, 6) is 0.957. The topological polar surface area (TPSA) is 72.0 Å². The molecule has 0 saturated carbocycles. The van der Waals surface area contributed by atoms with Gasteiger partial charge in [-0.15, -0.1) is 11.3 Å². The second kappa shape index (κ2) is 8.32. The maximum atomic E-state index is 5.73. The van der Waals surface area contributed by atoms with Crippen LogP contribution in [0, 0.1) is 0 Å². The minimum absolute atomic E-state index is 0.00738. The van der Waals surface area contributed by atoms with Gasteiger partial charge in [0, 0.05) is 24.2 Å². The minimum atomic E-state index is 0.00738. The van der Waals surface area contributed by atoms with Crippen molar-refractivity contribution in [3.8, 4) is 5.88 Å². The number of rotatable bonds is 7. The van der Waals surface area contributed by atoms with Crippen molar-refractivity contribution in [3.05, 3.63) is 45.7 Å². The van der Waals surface area contributed by atoms with Gasteiger partial charge in [0.1, 0.15) is 10.7 Å². The predicted molar refractivity (Wildman–Crippen MR) is 107 cm³/mol. The van der Waals surface area contributed by atoms with E-state index >= 15 is 0 Å². The van der Waals surface area contributed by atoms with Gasteiger partial charge in [-0.1, -0.05) is 12.2 Å². The fourth-order valence-electron chi connectivity index (χ4n) is 1.94. The van der Waals surface area contributed by atoms with Crippen molar-refractivity contribution in [2.75, 3.05) is 10.6 Å². The Morgan fingerprint density at radius 2 is 2.20 bits per heavy atom. The standard InChI is InChI=1S/C16H17N5OS3/c1-10(2)22-13-7-12(14(23)21-16-17-4-6-25-16)19-15(20-13)18-8-11-3-5-24-9-11/h3-7,9-10H,8H2,1-2H3,(H,17,21,23)(H,18,19,20). The van der Waals surface area contributed by atoms with Crippen molar-refractivity contribution >= 4 is 51.0 Å². The summed E-state index contributed by atoms with van der Waals surface area (Å²) in [5, 5.41) is 13.0. The number of thiocarbonyl (C=S) groups is 1. The molecule has 0 amide bonds. The Hall–Kier alpha value is -2.10. The van der Waals surface area contributed by atoms with E-state index in [2.05, 4.69) is 37.0 Å². The van der Waals surface area contributed by atoms with Crippen LogP contribution >= 0.6 is 34.9 Å². The third-order valence-electron chi connectivity index (χ3n) is 2.98. The zero-order valence-electron chi connectivity index (χ0n) is 13.7. The minimum Gasteiger partial charge on any atom is -0.475 e. The third-order valence-corrected chi connectivity index (χ3v) is 4.71. The number of aromatic nitrogens is 3. The number of nitrogens with zero attached hydrogens (tertiary/aromatic N) is 3. The first-order chi connectivity index (χ1) is 12.1. The van der Waals surface area contributed by atoms with Crippen LogP contribution in [0.25, 0.3) is 0 Å². The van der Waals surface area contributed by atoms with Crippen LogP contribution in [0.15, 0.2) is 34.5 Å². The molecule has 0 fully saturated rings. The van der Waals surface area contributed by atoms with E-state index in [1.807, 2.05) is 24.6 Å². The molecule has 3 aromatic rings. The number of thiophene rings is 1. The monoisotopic (exact) mass is 391 g/mol. The Balaban J connectivity index is 1.79. The highest BCUT2D eigenvalue weighted by Gasteiger charge is 2.12. The smallest absolute Gasteiger partial charge is 0.226 e. The van der Waals surface area contributed by atoms with Crippen LogP contribution in [0.4, 0.5) is 11.1 Å². The molecule has 3 heterocycles. The van der Waals surface area contributed by atoms with E-state index in [1.165, 1.54) is 16.9 Å². The lowest BCUT2D eigenvalue weighted by Crippen LogP contribution is -2.16. The highest BCUT2D eigenvalue weighted by atomic mass is 32.1. The maximum absolute atomic E-state index is 5.73. The van der Waals surface area contributed by atoms with Crippen molar-refractivity contribution in [1.82, 2.24) is 15.0 Å². The molecular formula is C16H17N5OS3. The summed E-state index contributed by atoms with van der Waals surface area (Å²) < 4.78 is 5.73. The zero-order valence-corrected chi connectivity index (χ0v) is 16.2. The van der Waals surface area contributed by atoms with Crippen molar-refractivity contribution in [1.29, 1.82) is 0 Å². The first-order valence-corrected chi connectivity index (χ1v) is 9.85. The normalized spacial score (nSPS) is 10.7. The lowest BCUT2D eigenvalue weighted by Gasteiger charge is -2.13. The SMILES string of the molecule is CC(C)Oc1cc(C(=S)Nc2nccs2)nc(NCc2ccsc2)n1. The van der Waals surface area contributed by atoms with Crippen LogP contribution in [-0.4, -0.2) is 26.0 Å². The number of anilines is 2. The van der Waals surface area contributed by atoms with Gasteiger partial charge >= 0.3 is 0 Å². The molecule has 0 radical (unpaired) electrons. The van der Waals surface area contributed by atoms with E-state index in [0.29, 0.717) is 29.1 Å². The van der Waals surface area contributed by atoms with Crippen molar-refractivity contribution in [3.63, 3.8) is 0 Å². The van der Waals surface area contributed by atoms with Gasteiger partial charge in [-0.25, -0.2) is 9.97 Å². The molecule has 0 spiro atoms. The summed E-state index contributed by atoms with van der Waals surface area (Å²) >= 11 is 8.58. The molecule has 3 aromatic heterocycles. The van der Waals surface area contributed by atoms with Gasteiger partial charge in [0.05, 0.1) is 6.10 Å². The molecule has 0 aromatic carbocycles. The molecule has 25 heavy (non-hydrogen) atoms. The number of hydrogen-bond acceptors (Lipinski definition) is 8. The summed E-state index contributed by atoms with van der Waals surface area (Å²) in [6.07, 6.45) is 1.73. The molecule has 0 aliphatic heterocycles. The Labute approximate surface area is 159 Å². The zero-order chi connectivity index (χ0) is 17.6. The van der Waals surface area contributed by atoms with Crippen LogP contribution in [-0.2, 0) is 6.54 Å². The van der Waals surface area contributed by atoms with E-state index in [9.17, 15) is 0 Å². The average Bonchev–Trinajstić information content (AvgIpc) is 3.25. The van der Waals surface area contributed by atoms with Crippen molar-refractivity contribution in [2.24, 2.45) is 0 Å². The van der Waals surface area contributed by atoms with E-state index in [-0.39, 0.29) is 6.10 Å². The molecule has 3 rings (SSSR count). The highest BCUT2D eigenvalue weighted by Crippen LogP contribution is 2.18. The van der Waals surface area contributed by atoms with Gasteiger partial charge in [-0.05, 0) is 36.2 Å². The fourth-order valence-corrected chi connectivity index (χ4v) is 3.41. The predicted octanol–water partition coefficient (Wildman–Crippen LogP) is 4.18. The lowest BCUT2D eigenvalue weighted by molar-refractivity contribution is 0.232. The third kappa shape index (κ3) is 5.18. The summed E-state index contributed by atoms with van der Waals surface area (Å²) in [7, 11) is 0. The molecule has 6 nitrogen and oxygen atoms in total. The maximum Gasteiger partial charge on any atom is 0.226 e. The molecule has 9 heteroatoms. The van der Waals surface area contributed by atoms with Crippen LogP contribution in [0.1, 0.15) is 25.1 Å². The highest BCUT2D eigenvalue weighted by molar-refractivity contribution is 7.81. The van der Waals surface area contributed by atoms with Crippen LogP contribution in [0.2, 0.25) is 0 Å². The quantitative estimate of drug-likeness (QED) is 0.585. The Morgan fingerprint density at radius 1 is 1.32 bits per heavy atom. The van der Waals surface area contributed by atoms with Gasteiger partial charge in [0.25, 0.3) is 0 Å². The Bertz CT molecular complexity index is 818. The fraction of sp³-hybridized carbons (Fsp3) is 0.250.